The van der Waals surface area contributed by atoms with Crippen LogP contribution >= 0.6 is 0 Å². The van der Waals surface area contributed by atoms with E-state index in [4.69, 9.17) is 0 Å². The summed E-state index contributed by atoms with van der Waals surface area (Å²) in [6, 6.07) is 2.90. The molecule has 0 amide bonds. The molecule has 10 heteroatoms. The lowest BCUT2D eigenvalue weighted by Crippen LogP contribution is -2.46. The molecule has 3 N–H and O–H groups in total. The maximum atomic E-state index is 13.9. The van der Waals surface area contributed by atoms with Crippen LogP contribution in [0.25, 0.3) is 12.2 Å². The maximum Gasteiger partial charge on any atom is 0.272 e. The molecule has 0 radical (unpaired) electrons. The molecule has 2 aromatic heterocycles. The first-order valence-corrected chi connectivity index (χ1v) is 11.8. The van der Waals surface area contributed by atoms with E-state index in [1.807, 2.05) is 0 Å². The van der Waals surface area contributed by atoms with Gasteiger partial charge in [0.15, 0.2) is 0 Å². The lowest BCUT2D eigenvalue weighted by molar-refractivity contribution is 0.234. The number of nitrogens with one attached hydrogen (secondary N) is 3. The summed E-state index contributed by atoms with van der Waals surface area (Å²) in [6.07, 6.45) is 5.40. The summed E-state index contributed by atoms with van der Waals surface area (Å²) in [4.78, 5) is 37.2. The Labute approximate surface area is 201 Å². The summed E-state index contributed by atoms with van der Waals surface area (Å²) in [7, 11) is 0. The topological polar surface area (TPSA) is 98.8 Å². The molecule has 1 aromatic carbocycles. The molecule has 3 aromatic rings. The lowest BCUT2D eigenvalue weighted by Gasteiger charge is -2.27. The fourth-order valence-electron chi connectivity index (χ4n) is 4.34. The predicted octanol–water partition coefficient (Wildman–Crippen LogP) is 0.614. The van der Waals surface area contributed by atoms with Crippen molar-refractivity contribution < 1.29 is 8.78 Å². The molecule has 1 aliphatic rings. The van der Waals surface area contributed by atoms with E-state index in [0.29, 0.717) is 5.69 Å². The second-order valence-corrected chi connectivity index (χ2v) is 9.00. The lowest BCUT2D eigenvalue weighted by atomic mass is 10.1. The van der Waals surface area contributed by atoms with E-state index in [1.54, 1.807) is 12.4 Å². The monoisotopic (exact) mass is 484 g/mol. The molecule has 1 saturated heterocycles. The SMILES string of the molecule is CC(C)c1c(/C=c2\[nH]c(=O)/c(=C/c3cc(F)ccc3F)[nH]c2=O)ncn1CCCN1CCNCC1. The molecule has 8 nitrogen and oxygen atoms in total. The molecule has 0 bridgehead atoms. The summed E-state index contributed by atoms with van der Waals surface area (Å²) in [5.74, 6) is -1.20. The van der Waals surface area contributed by atoms with Crippen LogP contribution in [0.15, 0.2) is 34.1 Å². The van der Waals surface area contributed by atoms with Crippen LogP contribution in [0, 0.1) is 11.6 Å². The first-order chi connectivity index (χ1) is 16.8. The number of aromatic nitrogens is 4. The van der Waals surface area contributed by atoms with Gasteiger partial charge in [0, 0.05) is 44.0 Å². The number of aryl methyl sites for hydroxylation is 1. The standard InChI is InChI=1S/C25H30F2N6O2/c1-16(2)23-20(29-15-33(23)9-3-8-32-10-6-28-7-11-32)14-22-25(35)30-21(24(34)31-22)13-17-12-18(26)4-5-19(17)27/h4-5,12-16,28H,3,6-11H2,1-2H3,(H,30,35)(H,31,34)/b21-13-,22-14-. The van der Waals surface area contributed by atoms with E-state index in [9.17, 15) is 18.4 Å². The summed E-state index contributed by atoms with van der Waals surface area (Å²) in [6.45, 7) is 10.1. The summed E-state index contributed by atoms with van der Waals surface area (Å²) >= 11 is 0. The smallest absolute Gasteiger partial charge is 0.272 e. The van der Waals surface area contributed by atoms with Gasteiger partial charge in [-0.15, -0.1) is 0 Å². The molecule has 0 spiro atoms. The van der Waals surface area contributed by atoms with Crippen molar-refractivity contribution in [1.29, 1.82) is 0 Å². The fraction of sp³-hybridized carbons (Fsp3) is 0.400. The molecule has 35 heavy (non-hydrogen) atoms. The third-order valence-corrected chi connectivity index (χ3v) is 6.06. The molecule has 186 valence electrons. The van der Waals surface area contributed by atoms with Crippen LogP contribution in [0.1, 0.15) is 43.1 Å². The van der Waals surface area contributed by atoms with Gasteiger partial charge in [0.2, 0.25) is 0 Å². The summed E-state index contributed by atoms with van der Waals surface area (Å²) in [5.41, 5.74) is 0.264. The molecule has 0 saturated carbocycles. The second-order valence-electron chi connectivity index (χ2n) is 9.00. The van der Waals surface area contributed by atoms with Gasteiger partial charge in [-0.25, -0.2) is 13.8 Å². The van der Waals surface area contributed by atoms with Crippen molar-refractivity contribution in [3.8, 4) is 0 Å². The Morgan fingerprint density at radius 1 is 1.03 bits per heavy atom. The Hall–Kier alpha value is -3.37. The number of nitrogens with zero attached hydrogens (tertiary/aromatic N) is 3. The van der Waals surface area contributed by atoms with Gasteiger partial charge in [0.25, 0.3) is 11.1 Å². The van der Waals surface area contributed by atoms with Crippen LogP contribution in [0.4, 0.5) is 8.78 Å². The minimum atomic E-state index is -0.702. The quantitative estimate of drug-likeness (QED) is 0.457. The van der Waals surface area contributed by atoms with E-state index in [2.05, 4.69) is 43.6 Å². The Kier molecular flexibility index (Phi) is 7.72. The number of halogens is 2. The number of hydrogen-bond donors (Lipinski definition) is 3. The van der Waals surface area contributed by atoms with Crippen molar-refractivity contribution in [2.45, 2.75) is 32.7 Å². The number of aromatic amines is 2. The highest BCUT2D eigenvalue weighted by Gasteiger charge is 2.14. The highest BCUT2D eigenvalue weighted by Crippen LogP contribution is 2.20. The number of imidazole rings is 1. The Morgan fingerprint density at radius 3 is 2.40 bits per heavy atom. The van der Waals surface area contributed by atoms with E-state index >= 15 is 0 Å². The zero-order valence-corrected chi connectivity index (χ0v) is 19.9. The van der Waals surface area contributed by atoms with E-state index < -0.39 is 22.8 Å². The number of H-pyrrole nitrogens is 2. The molecular formula is C25H30F2N6O2. The fourth-order valence-corrected chi connectivity index (χ4v) is 4.34. The zero-order valence-electron chi connectivity index (χ0n) is 19.9. The van der Waals surface area contributed by atoms with Gasteiger partial charge in [0.05, 0.1) is 12.0 Å². The minimum Gasteiger partial charge on any atom is -0.334 e. The summed E-state index contributed by atoms with van der Waals surface area (Å²) in [5, 5.41) is 3.23. The Morgan fingerprint density at radius 2 is 1.71 bits per heavy atom. The van der Waals surface area contributed by atoms with Crippen molar-refractivity contribution in [3.63, 3.8) is 0 Å². The van der Waals surface area contributed by atoms with Crippen molar-refractivity contribution in [1.82, 2.24) is 29.7 Å². The Balaban J connectivity index is 1.62. The number of piperazine rings is 1. The number of benzene rings is 1. The van der Waals surface area contributed by atoms with Crippen molar-refractivity contribution >= 4 is 12.2 Å². The van der Waals surface area contributed by atoms with E-state index in [-0.39, 0.29) is 22.2 Å². The average Bonchev–Trinajstić information content (AvgIpc) is 3.23. The normalized spacial score (nSPS) is 15.9. The van der Waals surface area contributed by atoms with Gasteiger partial charge < -0.3 is 24.8 Å². The van der Waals surface area contributed by atoms with Crippen molar-refractivity contribution in [3.05, 3.63) is 84.5 Å². The molecule has 0 aliphatic carbocycles. The van der Waals surface area contributed by atoms with Crippen LogP contribution in [0.2, 0.25) is 0 Å². The van der Waals surface area contributed by atoms with Crippen LogP contribution in [-0.2, 0) is 6.54 Å². The maximum absolute atomic E-state index is 13.9. The molecule has 1 fully saturated rings. The summed E-state index contributed by atoms with van der Waals surface area (Å²) < 4.78 is 29.5. The van der Waals surface area contributed by atoms with Gasteiger partial charge in [-0.2, -0.15) is 0 Å². The van der Waals surface area contributed by atoms with Crippen LogP contribution in [0.3, 0.4) is 0 Å². The second kappa shape index (κ2) is 10.9. The van der Waals surface area contributed by atoms with Crippen molar-refractivity contribution in [2.75, 3.05) is 32.7 Å². The number of hydrogen-bond acceptors (Lipinski definition) is 5. The molecule has 4 rings (SSSR count). The zero-order chi connectivity index (χ0) is 24.9. The number of rotatable bonds is 7. The molecule has 0 unspecified atom stereocenters. The Bertz CT molecular complexity index is 1420. The van der Waals surface area contributed by atoms with E-state index in [0.717, 1.165) is 75.7 Å². The van der Waals surface area contributed by atoms with Crippen LogP contribution < -0.4 is 27.1 Å². The first-order valence-electron chi connectivity index (χ1n) is 11.8. The first kappa shape index (κ1) is 24.7. The molecule has 3 heterocycles. The van der Waals surface area contributed by atoms with Crippen LogP contribution in [-0.4, -0.2) is 57.1 Å². The third kappa shape index (κ3) is 6.01. The molecule has 0 atom stereocenters. The predicted molar refractivity (Wildman–Crippen MR) is 131 cm³/mol. The van der Waals surface area contributed by atoms with Gasteiger partial charge in [-0.05, 0) is 49.2 Å². The van der Waals surface area contributed by atoms with Crippen LogP contribution in [0.5, 0.6) is 0 Å². The largest absolute Gasteiger partial charge is 0.334 e. The third-order valence-electron chi connectivity index (χ3n) is 6.06. The van der Waals surface area contributed by atoms with Gasteiger partial charge in [0.1, 0.15) is 22.3 Å². The molecular weight excluding hydrogens is 454 g/mol. The molecule has 1 aliphatic heterocycles. The van der Waals surface area contributed by atoms with Crippen molar-refractivity contribution in [2.24, 2.45) is 0 Å². The van der Waals surface area contributed by atoms with E-state index in [1.165, 1.54) is 0 Å². The highest BCUT2D eigenvalue weighted by atomic mass is 19.1. The highest BCUT2D eigenvalue weighted by molar-refractivity contribution is 5.49. The van der Waals surface area contributed by atoms with Gasteiger partial charge in [-0.1, -0.05) is 13.8 Å². The van der Waals surface area contributed by atoms with Gasteiger partial charge >= 0.3 is 0 Å². The van der Waals surface area contributed by atoms with Gasteiger partial charge in [-0.3, -0.25) is 9.59 Å². The minimum absolute atomic E-state index is 0.0415. The average molecular weight is 485 g/mol.